The molecule has 4 aromatic rings. The summed E-state index contributed by atoms with van der Waals surface area (Å²) >= 11 is 0. The van der Waals surface area contributed by atoms with Crippen LogP contribution in [0.25, 0.3) is 27.8 Å². The van der Waals surface area contributed by atoms with E-state index in [4.69, 9.17) is 0 Å². The number of nitrogens with one attached hydrogen (secondary N) is 1. The van der Waals surface area contributed by atoms with Gasteiger partial charge in [0.25, 0.3) is 0 Å². The molecule has 0 saturated carbocycles. The van der Waals surface area contributed by atoms with Gasteiger partial charge in [0.15, 0.2) is 11.6 Å². The quantitative estimate of drug-likeness (QED) is 0.499. The lowest BCUT2D eigenvalue weighted by molar-refractivity contribution is 0.264. The molecule has 32 heavy (non-hydrogen) atoms. The molecule has 0 aliphatic rings. The van der Waals surface area contributed by atoms with Crippen molar-refractivity contribution in [2.75, 3.05) is 0 Å². The van der Waals surface area contributed by atoms with Gasteiger partial charge in [0.1, 0.15) is 12.3 Å². The van der Waals surface area contributed by atoms with E-state index in [9.17, 15) is 14.7 Å². The first-order valence-electron chi connectivity index (χ1n) is 10.4. The fourth-order valence-corrected chi connectivity index (χ4v) is 3.89. The van der Waals surface area contributed by atoms with Gasteiger partial charge in [-0.15, -0.1) is 5.10 Å². The number of hydrogen-bond acceptors (Lipinski definition) is 5. The average Bonchev–Trinajstić information content (AvgIpc) is 3.09. The predicted molar refractivity (Wildman–Crippen MR) is 120 cm³/mol. The topological polar surface area (TPSA) is 106 Å². The molecule has 9 heteroatoms. The second kappa shape index (κ2) is 8.16. The number of aromatic amines is 1. The standard InChI is InChI=1S/C23H24FN5O3/c1-5-28-21(11-30)27-29(23(28)32)20-7-16-14(12(2)3)6-18(26-19(16)9-17(20)24)15-8-22(31)25-10-13(15)4/h6-10,12,30H,5,11H2,1-4H3,(H,25,31). The van der Waals surface area contributed by atoms with Crippen molar-refractivity contribution >= 4 is 10.9 Å². The Kier molecular flexibility index (Phi) is 5.52. The molecule has 0 aliphatic carbocycles. The Morgan fingerprint density at radius 3 is 2.56 bits per heavy atom. The van der Waals surface area contributed by atoms with E-state index in [1.54, 1.807) is 19.2 Å². The molecule has 3 heterocycles. The van der Waals surface area contributed by atoms with Crippen LogP contribution in [0.3, 0.4) is 0 Å². The van der Waals surface area contributed by atoms with E-state index in [0.29, 0.717) is 28.7 Å². The first-order chi connectivity index (χ1) is 15.2. The number of nitrogens with zero attached hydrogens (tertiary/aromatic N) is 4. The van der Waals surface area contributed by atoms with Crippen molar-refractivity contribution in [3.63, 3.8) is 0 Å². The van der Waals surface area contributed by atoms with Crippen LogP contribution in [0, 0.1) is 12.7 Å². The van der Waals surface area contributed by atoms with Crippen molar-refractivity contribution in [1.29, 1.82) is 0 Å². The van der Waals surface area contributed by atoms with Gasteiger partial charge in [-0.1, -0.05) is 13.8 Å². The minimum atomic E-state index is -0.660. The van der Waals surface area contributed by atoms with E-state index in [1.807, 2.05) is 26.8 Å². The van der Waals surface area contributed by atoms with Crippen LogP contribution in [-0.2, 0) is 13.2 Å². The molecule has 2 N–H and O–H groups in total. The summed E-state index contributed by atoms with van der Waals surface area (Å²) in [6.45, 7) is 7.51. The Morgan fingerprint density at radius 1 is 1.19 bits per heavy atom. The number of pyridine rings is 2. The van der Waals surface area contributed by atoms with E-state index < -0.39 is 18.1 Å². The molecule has 0 aliphatic heterocycles. The third kappa shape index (κ3) is 3.54. The summed E-state index contributed by atoms with van der Waals surface area (Å²) in [4.78, 5) is 31.9. The van der Waals surface area contributed by atoms with Gasteiger partial charge in [0, 0.05) is 35.8 Å². The van der Waals surface area contributed by atoms with E-state index in [2.05, 4.69) is 15.1 Å². The second-order valence-corrected chi connectivity index (χ2v) is 7.98. The number of aryl methyl sites for hydroxylation is 1. The van der Waals surface area contributed by atoms with Gasteiger partial charge in [-0.3, -0.25) is 9.36 Å². The molecule has 4 rings (SSSR count). The van der Waals surface area contributed by atoms with Crippen molar-refractivity contribution in [1.82, 2.24) is 24.3 Å². The molecule has 0 atom stereocenters. The molecular formula is C23H24FN5O3. The fraction of sp³-hybridized carbons (Fsp3) is 0.304. The average molecular weight is 437 g/mol. The van der Waals surface area contributed by atoms with Crippen LogP contribution in [0.15, 0.2) is 40.1 Å². The van der Waals surface area contributed by atoms with Gasteiger partial charge < -0.3 is 10.1 Å². The lowest BCUT2D eigenvalue weighted by Crippen LogP contribution is -2.24. The number of rotatable bonds is 5. The lowest BCUT2D eigenvalue weighted by atomic mass is 9.95. The van der Waals surface area contributed by atoms with E-state index in [0.717, 1.165) is 15.8 Å². The Balaban J connectivity index is 2.00. The third-order valence-corrected chi connectivity index (χ3v) is 5.56. The molecule has 0 fully saturated rings. The zero-order valence-corrected chi connectivity index (χ0v) is 18.3. The normalized spacial score (nSPS) is 11.6. The second-order valence-electron chi connectivity index (χ2n) is 7.98. The van der Waals surface area contributed by atoms with Crippen LogP contribution in [0.1, 0.15) is 43.6 Å². The number of hydrogen-bond donors (Lipinski definition) is 2. The number of fused-ring (bicyclic) bond motifs is 1. The highest BCUT2D eigenvalue weighted by molar-refractivity contribution is 5.87. The van der Waals surface area contributed by atoms with Crippen LogP contribution < -0.4 is 11.2 Å². The van der Waals surface area contributed by atoms with Crippen LogP contribution in [0.4, 0.5) is 4.39 Å². The van der Waals surface area contributed by atoms with E-state index in [1.165, 1.54) is 16.7 Å². The largest absolute Gasteiger partial charge is 0.388 e. The zero-order valence-electron chi connectivity index (χ0n) is 18.3. The summed E-state index contributed by atoms with van der Waals surface area (Å²) < 4.78 is 17.4. The van der Waals surface area contributed by atoms with Crippen LogP contribution in [-0.4, -0.2) is 29.4 Å². The van der Waals surface area contributed by atoms with Gasteiger partial charge in [0.2, 0.25) is 5.56 Å². The Hall–Kier alpha value is -3.59. The van der Waals surface area contributed by atoms with Crippen LogP contribution in [0.2, 0.25) is 0 Å². The maximum atomic E-state index is 15.2. The Morgan fingerprint density at radius 2 is 1.94 bits per heavy atom. The van der Waals surface area contributed by atoms with Crippen molar-refractivity contribution in [2.45, 2.75) is 46.8 Å². The Labute approximate surface area is 183 Å². The van der Waals surface area contributed by atoms with Crippen molar-refractivity contribution in [3.05, 3.63) is 74.1 Å². The molecule has 166 valence electrons. The summed E-state index contributed by atoms with van der Waals surface area (Å²) in [5.74, 6) is -0.427. The maximum absolute atomic E-state index is 15.2. The summed E-state index contributed by atoms with van der Waals surface area (Å²) in [5.41, 5.74) is 2.63. The first kappa shape index (κ1) is 21.6. The molecule has 0 radical (unpaired) electrons. The highest BCUT2D eigenvalue weighted by Crippen LogP contribution is 2.32. The molecule has 0 spiro atoms. The molecule has 0 amide bonds. The Bertz CT molecular complexity index is 1450. The lowest BCUT2D eigenvalue weighted by Gasteiger charge is -2.15. The summed E-state index contributed by atoms with van der Waals surface area (Å²) in [6, 6.07) is 6.21. The van der Waals surface area contributed by atoms with E-state index >= 15 is 4.39 Å². The number of halogens is 1. The van der Waals surface area contributed by atoms with Gasteiger partial charge in [0.05, 0.1) is 11.2 Å². The molecule has 0 saturated heterocycles. The highest BCUT2D eigenvalue weighted by atomic mass is 19.1. The van der Waals surface area contributed by atoms with E-state index in [-0.39, 0.29) is 23.0 Å². The minimum Gasteiger partial charge on any atom is -0.388 e. The smallest absolute Gasteiger partial charge is 0.350 e. The zero-order chi connectivity index (χ0) is 23.2. The molecule has 3 aromatic heterocycles. The molecular weight excluding hydrogens is 413 g/mol. The fourth-order valence-electron chi connectivity index (χ4n) is 3.89. The predicted octanol–water partition coefficient (Wildman–Crippen LogP) is 3.02. The number of aliphatic hydroxyl groups is 1. The maximum Gasteiger partial charge on any atom is 0.350 e. The number of benzene rings is 1. The van der Waals surface area contributed by atoms with Gasteiger partial charge in [-0.2, -0.15) is 4.68 Å². The molecule has 8 nitrogen and oxygen atoms in total. The SMILES string of the molecule is CCn1c(CO)nn(-c2cc3c(C(C)C)cc(-c4cc(=O)[nH]cc4C)nc3cc2F)c1=O. The van der Waals surface area contributed by atoms with Crippen molar-refractivity contribution < 1.29 is 9.50 Å². The van der Waals surface area contributed by atoms with Gasteiger partial charge in [-0.05, 0) is 43.0 Å². The van der Waals surface area contributed by atoms with Crippen molar-refractivity contribution in [3.8, 4) is 16.9 Å². The van der Waals surface area contributed by atoms with Gasteiger partial charge >= 0.3 is 5.69 Å². The molecule has 0 bridgehead atoms. The van der Waals surface area contributed by atoms with Crippen molar-refractivity contribution in [2.24, 2.45) is 0 Å². The number of H-pyrrole nitrogens is 1. The first-order valence-corrected chi connectivity index (χ1v) is 10.4. The molecule has 0 unspecified atom stereocenters. The highest BCUT2D eigenvalue weighted by Gasteiger charge is 2.19. The van der Waals surface area contributed by atoms with Gasteiger partial charge in [-0.25, -0.2) is 14.2 Å². The summed E-state index contributed by atoms with van der Waals surface area (Å²) in [7, 11) is 0. The number of aliphatic hydroxyl groups excluding tert-OH is 1. The monoisotopic (exact) mass is 437 g/mol. The molecule has 1 aromatic carbocycles. The number of aromatic nitrogens is 5. The summed E-state index contributed by atoms with van der Waals surface area (Å²) in [6.07, 6.45) is 1.62. The third-order valence-electron chi connectivity index (χ3n) is 5.56. The summed E-state index contributed by atoms with van der Waals surface area (Å²) in [5, 5.41) is 14.3. The van der Waals surface area contributed by atoms with Crippen LogP contribution in [0.5, 0.6) is 0 Å². The minimum absolute atomic E-state index is 0.00631. The van der Waals surface area contributed by atoms with Crippen LogP contribution >= 0.6 is 0 Å².